The molecule has 3 aromatic rings. The number of rotatable bonds is 6. The van der Waals surface area contributed by atoms with Crippen LogP contribution in [0.5, 0.6) is 0 Å². The van der Waals surface area contributed by atoms with E-state index in [4.69, 9.17) is 16.3 Å². The normalized spacial score (nSPS) is 13.2. The largest absolute Gasteiger partial charge is 0.480 e. The van der Waals surface area contributed by atoms with E-state index in [-0.39, 0.29) is 18.9 Å². The highest BCUT2D eigenvalue weighted by molar-refractivity contribution is 6.30. The van der Waals surface area contributed by atoms with Crippen LogP contribution in [0.1, 0.15) is 22.6 Å². The molecule has 0 spiro atoms. The number of fused-ring (bicyclic) bond motifs is 3. The molecule has 1 amide bonds. The Morgan fingerprint density at radius 1 is 0.968 bits per heavy atom. The minimum Gasteiger partial charge on any atom is -0.480 e. The molecule has 0 fully saturated rings. The third-order valence-electron chi connectivity index (χ3n) is 5.72. The molecule has 0 aromatic heterocycles. The molecule has 1 unspecified atom stereocenters. The van der Waals surface area contributed by atoms with E-state index in [2.05, 4.69) is 12.1 Å². The first-order chi connectivity index (χ1) is 15.0. The zero-order chi connectivity index (χ0) is 22.0. The molecule has 0 heterocycles. The molecule has 1 aliphatic carbocycles. The first-order valence-electron chi connectivity index (χ1n) is 10.0. The van der Waals surface area contributed by atoms with Crippen molar-refractivity contribution >= 4 is 23.7 Å². The summed E-state index contributed by atoms with van der Waals surface area (Å²) in [5.41, 5.74) is 5.26. The third kappa shape index (κ3) is 4.28. The second-order valence-electron chi connectivity index (χ2n) is 7.60. The van der Waals surface area contributed by atoms with E-state index in [0.717, 1.165) is 32.7 Å². The molecule has 0 bridgehead atoms. The first-order valence-corrected chi connectivity index (χ1v) is 10.4. The van der Waals surface area contributed by atoms with Crippen LogP contribution < -0.4 is 0 Å². The van der Waals surface area contributed by atoms with Crippen LogP contribution in [0.25, 0.3) is 11.1 Å². The van der Waals surface area contributed by atoms with Crippen molar-refractivity contribution in [3.8, 4) is 11.1 Å². The van der Waals surface area contributed by atoms with Gasteiger partial charge in [-0.1, -0.05) is 72.3 Å². The summed E-state index contributed by atoms with van der Waals surface area (Å²) in [6, 6.07) is 22.0. The van der Waals surface area contributed by atoms with Gasteiger partial charge in [-0.15, -0.1) is 0 Å². The van der Waals surface area contributed by atoms with Gasteiger partial charge in [-0.3, -0.25) is 4.90 Å². The second kappa shape index (κ2) is 8.82. The Morgan fingerprint density at radius 3 is 2.06 bits per heavy atom. The minimum atomic E-state index is -1.09. The molecule has 1 aliphatic rings. The van der Waals surface area contributed by atoms with Crippen LogP contribution in [-0.2, 0) is 16.0 Å². The van der Waals surface area contributed by atoms with Crippen molar-refractivity contribution in [1.82, 2.24) is 4.90 Å². The topological polar surface area (TPSA) is 66.8 Å². The molecule has 0 saturated carbocycles. The second-order valence-corrected chi connectivity index (χ2v) is 8.04. The molecule has 5 nitrogen and oxygen atoms in total. The van der Waals surface area contributed by atoms with Crippen LogP contribution in [0.4, 0.5) is 4.79 Å². The van der Waals surface area contributed by atoms with Crippen LogP contribution in [0.15, 0.2) is 72.8 Å². The number of benzene rings is 3. The smallest absolute Gasteiger partial charge is 0.410 e. The molecule has 0 radical (unpaired) electrons. The standard InChI is InChI=1S/C25H22ClNO4/c1-27(23(24(28)29)14-16-10-12-17(26)13-11-16)25(30)31-15-22-20-8-4-2-6-18(20)19-7-3-5-9-21(19)22/h2-13,22-23H,14-15H2,1H3,(H,28,29). The van der Waals surface area contributed by atoms with Gasteiger partial charge in [-0.05, 0) is 39.9 Å². The summed E-state index contributed by atoms with van der Waals surface area (Å²) in [5.74, 6) is -1.17. The fourth-order valence-corrected chi connectivity index (χ4v) is 4.18. The summed E-state index contributed by atoms with van der Waals surface area (Å²) >= 11 is 5.90. The molecule has 3 aromatic carbocycles. The molecule has 0 saturated heterocycles. The molecule has 0 aliphatic heterocycles. The van der Waals surface area contributed by atoms with Gasteiger partial charge in [-0.25, -0.2) is 9.59 Å². The van der Waals surface area contributed by atoms with Gasteiger partial charge in [-0.2, -0.15) is 0 Å². The number of amides is 1. The van der Waals surface area contributed by atoms with E-state index in [1.165, 1.54) is 7.05 Å². The molecule has 158 valence electrons. The van der Waals surface area contributed by atoms with E-state index in [0.29, 0.717) is 5.02 Å². The lowest BCUT2D eigenvalue weighted by molar-refractivity contribution is -0.142. The van der Waals surface area contributed by atoms with Crippen molar-refractivity contribution in [1.29, 1.82) is 0 Å². The number of ether oxygens (including phenoxy) is 1. The number of likely N-dealkylation sites (N-methyl/N-ethyl adjacent to an activating group) is 1. The zero-order valence-corrected chi connectivity index (χ0v) is 17.8. The summed E-state index contributed by atoms with van der Waals surface area (Å²) < 4.78 is 5.59. The molecule has 6 heteroatoms. The Bertz CT molecular complexity index is 1070. The van der Waals surface area contributed by atoms with Gasteiger partial charge < -0.3 is 9.84 Å². The van der Waals surface area contributed by atoms with Crippen LogP contribution >= 0.6 is 11.6 Å². The Labute approximate surface area is 185 Å². The lowest BCUT2D eigenvalue weighted by Gasteiger charge is -2.25. The van der Waals surface area contributed by atoms with Gasteiger partial charge in [0.25, 0.3) is 0 Å². The number of carboxylic acids is 1. The predicted octanol–water partition coefficient (Wildman–Crippen LogP) is 5.22. The van der Waals surface area contributed by atoms with Crippen molar-refractivity contribution in [2.24, 2.45) is 0 Å². The summed E-state index contributed by atoms with van der Waals surface area (Å²) in [6.45, 7) is 0.143. The predicted molar refractivity (Wildman–Crippen MR) is 119 cm³/mol. The number of halogens is 1. The Morgan fingerprint density at radius 2 is 1.52 bits per heavy atom. The van der Waals surface area contributed by atoms with Gasteiger partial charge in [0.2, 0.25) is 0 Å². The summed E-state index contributed by atoms with van der Waals surface area (Å²) in [7, 11) is 1.45. The highest BCUT2D eigenvalue weighted by Crippen LogP contribution is 2.44. The highest BCUT2D eigenvalue weighted by atomic mass is 35.5. The molecular weight excluding hydrogens is 414 g/mol. The summed E-state index contributed by atoms with van der Waals surface area (Å²) in [4.78, 5) is 25.7. The van der Waals surface area contributed by atoms with Crippen molar-refractivity contribution < 1.29 is 19.4 Å². The maximum absolute atomic E-state index is 12.7. The Hall–Kier alpha value is -3.31. The monoisotopic (exact) mass is 435 g/mol. The van der Waals surface area contributed by atoms with E-state index >= 15 is 0 Å². The van der Waals surface area contributed by atoms with E-state index in [1.54, 1.807) is 24.3 Å². The van der Waals surface area contributed by atoms with Crippen molar-refractivity contribution in [3.63, 3.8) is 0 Å². The fourth-order valence-electron chi connectivity index (χ4n) is 4.06. The molecule has 4 rings (SSSR count). The number of carboxylic acid groups (broad SMARTS) is 1. The van der Waals surface area contributed by atoms with Crippen molar-refractivity contribution in [2.45, 2.75) is 18.4 Å². The quantitative estimate of drug-likeness (QED) is 0.576. The molecule has 31 heavy (non-hydrogen) atoms. The number of aliphatic carboxylic acids is 1. The number of carbonyl (C=O) groups is 2. The Kier molecular flexibility index (Phi) is 5.96. The van der Waals surface area contributed by atoms with Crippen molar-refractivity contribution in [2.75, 3.05) is 13.7 Å². The van der Waals surface area contributed by atoms with Gasteiger partial charge in [0.1, 0.15) is 12.6 Å². The van der Waals surface area contributed by atoms with Crippen LogP contribution in [-0.4, -0.2) is 41.8 Å². The fraction of sp³-hybridized carbons (Fsp3) is 0.200. The lowest BCUT2D eigenvalue weighted by Crippen LogP contribution is -2.44. The maximum Gasteiger partial charge on any atom is 0.410 e. The van der Waals surface area contributed by atoms with E-state index in [9.17, 15) is 14.7 Å². The van der Waals surface area contributed by atoms with Crippen LogP contribution in [0.2, 0.25) is 5.02 Å². The number of hydrogen-bond acceptors (Lipinski definition) is 3. The number of carbonyl (C=O) groups excluding carboxylic acids is 1. The molecule has 1 N–H and O–H groups in total. The number of hydrogen-bond donors (Lipinski definition) is 1. The molecule has 1 atom stereocenters. The summed E-state index contributed by atoms with van der Waals surface area (Å²) in [5, 5.41) is 10.2. The van der Waals surface area contributed by atoms with E-state index < -0.39 is 18.1 Å². The minimum absolute atomic E-state index is 0.0794. The van der Waals surface area contributed by atoms with Gasteiger partial charge in [0, 0.05) is 24.4 Å². The Balaban J connectivity index is 1.47. The zero-order valence-electron chi connectivity index (χ0n) is 17.0. The van der Waals surface area contributed by atoms with E-state index in [1.807, 2.05) is 36.4 Å². The highest BCUT2D eigenvalue weighted by Gasteiger charge is 2.32. The average Bonchev–Trinajstić information content (AvgIpc) is 3.10. The third-order valence-corrected chi connectivity index (χ3v) is 5.97. The molecular formula is C25H22ClNO4. The van der Waals surface area contributed by atoms with Gasteiger partial charge in [0.05, 0.1) is 0 Å². The maximum atomic E-state index is 12.7. The van der Waals surface area contributed by atoms with Gasteiger partial charge in [0.15, 0.2) is 0 Å². The van der Waals surface area contributed by atoms with Crippen LogP contribution in [0, 0.1) is 0 Å². The van der Waals surface area contributed by atoms with Crippen molar-refractivity contribution in [3.05, 3.63) is 94.5 Å². The average molecular weight is 436 g/mol. The van der Waals surface area contributed by atoms with Crippen LogP contribution in [0.3, 0.4) is 0 Å². The number of nitrogens with zero attached hydrogens (tertiary/aromatic N) is 1. The SMILES string of the molecule is CN(C(=O)OCC1c2ccccc2-c2ccccc21)C(Cc1ccc(Cl)cc1)C(=O)O. The summed E-state index contributed by atoms with van der Waals surface area (Å²) in [6.07, 6.45) is -0.504. The first kappa shape index (κ1) is 20.9. The van der Waals surface area contributed by atoms with Gasteiger partial charge >= 0.3 is 12.1 Å². The lowest BCUT2D eigenvalue weighted by atomic mass is 9.98.